The molecule has 2 aromatic carbocycles. The van der Waals surface area contributed by atoms with Crippen molar-refractivity contribution in [3.63, 3.8) is 0 Å². The molecule has 2 aromatic rings. The third-order valence-electron chi connectivity index (χ3n) is 5.32. The van der Waals surface area contributed by atoms with E-state index in [-0.39, 0.29) is 5.82 Å². The first kappa shape index (κ1) is 19.0. The molecule has 150 valence electrons. The maximum atomic E-state index is 13.4. The fourth-order valence-electron chi connectivity index (χ4n) is 3.97. The molecule has 2 N–H and O–H groups in total. The van der Waals surface area contributed by atoms with E-state index in [1.807, 2.05) is 18.2 Å². The molecule has 0 bridgehead atoms. The molecule has 29 heavy (non-hydrogen) atoms. The number of hydrogen-bond acceptors (Lipinski definition) is 4. The molecule has 0 unspecified atom stereocenters. The van der Waals surface area contributed by atoms with E-state index >= 15 is 0 Å². The number of para-hydroxylation sites is 1. The van der Waals surface area contributed by atoms with Crippen molar-refractivity contribution < 1.29 is 18.7 Å². The van der Waals surface area contributed by atoms with Gasteiger partial charge < -0.3 is 20.3 Å². The molecule has 6 nitrogen and oxygen atoms in total. The summed E-state index contributed by atoms with van der Waals surface area (Å²) in [5, 5.41) is 5.54. The fraction of sp³-hybridized carbons (Fsp3) is 0.273. The molecular formula is C22H22FN3O3. The Morgan fingerprint density at radius 1 is 1.21 bits per heavy atom. The van der Waals surface area contributed by atoms with Gasteiger partial charge in [-0.2, -0.15) is 0 Å². The molecule has 0 aromatic heterocycles. The predicted molar refractivity (Wildman–Crippen MR) is 107 cm³/mol. The molecular weight excluding hydrogens is 373 g/mol. The zero-order valence-electron chi connectivity index (χ0n) is 16.1. The number of halogens is 1. The Labute approximate surface area is 168 Å². The van der Waals surface area contributed by atoms with Crippen LogP contribution in [-0.2, 0) is 16.0 Å². The van der Waals surface area contributed by atoms with Gasteiger partial charge in [0.25, 0.3) is 0 Å². The number of methoxy groups -OCH3 is 1. The Kier molecular flexibility index (Phi) is 5.20. The number of anilines is 1. The monoisotopic (exact) mass is 395 g/mol. The number of nitrogens with zero attached hydrogens (tertiary/aromatic N) is 1. The van der Waals surface area contributed by atoms with Gasteiger partial charge in [-0.3, -0.25) is 0 Å². The van der Waals surface area contributed by atoms with Crippen molar-refractivity contribution >= 4 is 17.7 Å². The summed E-state index contributed by atoms with van der Waals surface area (Å²) < 4.78 is 18.4. The number of fused-ring (bicyclic) bond motifs is 1. The van der Waals surface area contributed by atoms with E-state index in [9.17, 15) is 14.0 Å². The van der Waals surface area contributed by atoms with Gasteiger partial charge in [0.15, 0.2) is 0 Å². The first-order valence-electron chi connectivity index (χ1n) is 9.54. The Morgan fingerprint density at radius 2 is 1.97 bits per heavy atom. The largest absolute Gasteiger partial charge is 0.466 e. The highest BCUT2D eigenvalue weighted by Gasteiger charge is 2.34. The van der Waals surface area contributed by atoms with Crippen LogP contribution in [0.4, 0.5) is 14.9 Å². The van der Waals surface area contributed by atoms with Crippen molar-refractivity contribution in [2.45, 2.75) is 18.9 Å². The lowest BCUT2D eigenvalue weighted by Crippen LogP contribution is -2.49. The zero-order valence-corrected chi connectivity index (χ0v) is 16.1. The molecule has 2 heterocycles. The van der Waals surface area contributed by atoms with Crippen LogP contribution in [0.2, 0.25) is 0 Å². The van der Waals surface area contributed by atoms with Crippen LogP contribution in [0.3, 0.4) is 0 Å². The normalized spacial score (nSPS) is 18.6. The molecule has 2 amide bonds. The number of amides is 2. The van der Waals surface area contributed by atoms with Crippen LogP contribution >= 0.6 is 0 Å². The number of carbonyl (C=O) groups is 2. The number of aryl methyl sites for hydroxylation is 1. The highest BCUT2D eigenvalue weighted by Crippen LogP contribution is 2.31. The van der Waals surface area contributed by atoms with E-state index < -0.39 is 18.0 Å². The van der Waals surface area contributed by atoms with Gasteiger partial charge in [-0.05, 0) is 42.2 Å². The summed E-state index contributed by atoms with van der Waals surface area (Å²) >= 11 is 0. The van der Waals surface area contributed by atoms with Crippen LogP contribution in [0.15, 0.2) is 59.8 Å². The minimum Gasteiger partial charge on any atom is -0.466 e. The summed E-state index contributed by atoms with van der Waals surface area (Å²) in [5.74, 6) is -0.921. The Hall–Kier alpha value is -3.35. The first-order valence-corrected chi connectivity index (χ1v) is 9.54. The molecule has 0 saturated heterocycles. The second kappa shape index (κ2) is 7.95. The molecule has 0 radical (unpaired) electrons. The molecule has 7 heteroatoms. The minimum atomic E-state index is -0.716. The summed E-state index contributed by atoms with van der Waals surface area (Å²) in [6.07, 6.45) is 1.99. The standard InChI is InChI=1S/C22H22FN3O3/c1-29-21(27)19-17(13-26-12-4-6-14-5-2-3-7-18(14)26)24-22(28)25-20(19)15-8-10-16(23)11-9-15/h2-3,5,7-11,20H,4,6,12-13H2,1H3,(H2,24,25,28)/t20-/m0/s1. The van der Waals surface area contributed by atoms with Gasteiger partial charge in [0.2, 0.25) is 0 Å². The molecule has 2 aliphatic heterocycles. The molecule has 4 rings (SSSR count). The summed E-state index contributed by atoms with van der Waals surface area (Å²) in [5.41, 5.74) is 3.77. The Bertz CT molecular complexity index is 972. The lowest BCUT2D eigenvalue weighted by atomic mass is 9.94. The first-order chi connectivity index (χ1) is 14.1. The third-order valence-corrected chi connectivity index (χ3v) is 5.32. The smallest absolute Gasteiger partial charge is 0.338 e. The summed E-state index contributed by atoms with van der Waals surface area (Å²) in [4.78, 5) is 27.2. The van der Waals surface area contributed by atoms with Gasteiger partial charge in [-0.25, -0.2) is 14.0 Å². The van der Waals surface area contributed by atoms with Crippen LogP contribution in [0.1, 0.15) is 23.6 Å². The maximum Gasteiger partial charge on any atom is 0.338 e. The number of urea groups is 1. The van der Waals surface area contributed by atoms with Gasteiger partial charge in [0, 0.05) is 12.2 Å². The van der Waals surface area contributed by atoms with Crippen LogP contribution in [0.5, 0.6) is 0 Å². The average molecular weight is 395 g/mol. The van der Waals surface area contributed by atoms with Crippen molar-refractivity contribution in [3.8, 4) is 0 Å². The molecule has 0 saturated carbocycles. The number of carbonyl (C=O) groups excluding carboxylic acids is 2. The van der Waals surface area contributed by atoms with Crippen LogP contribution < -0.4 is 15.5 Å². The number of rotatable bonds is 4. The van der Waals surface area contributed by atoms with Crippen molar-refractivity contribution in [2.75, 3.05) is 25.1 Å². The summed E-state index contributed by atoms with van der Waals surface area (Å²) in [6.45, 7) is 1.19. The number of hydrogen-bond donors (Lipinski definition) is 2. The van der Waals surface area contributed by atoms with Gasteiger partial charge in [-0.1, -0.05) is 30.3 Å². The lowest BCUT2D eigenvalue weighted by molar-refractivity contribution is -0.136. The second-order valence-corrected chi connectivity index (χ2v) is 7.12. The number of ether oxygens (including phenoxy) is 1. The number of esters is 1. The van der Waals surface area contributed by atoms with Gasteiger partial charge in [-0.15, -0.1) is 0 Å². The Morgan fingerprint density at radius 3 is 2.72 bits per heavy atom. The Balaban J connectivity index is 1.74. The SMILES string of the molecule is COC(=O)C1=C(CN2CCCc3ccccc32)NC(=O)N[C@H]1c1ccc(F)cc1. The molecule has 0 fully saturated rings. The fourth-order valence-corrected chi connectivity index (χ4v) is 3.97. The van der Waals surface area contributed by atoms with Gasteiger partial charge in [0.1, 0.15) is 5.82 Å². The van der Waals surface area contributed by atoms with Crippen molar-refractivity contribution in [2.24, 2.45) is 0 Å². The summed E-state index contributed by atoms with van der Waals surface area (Å²) in [7, 11) is 1.31. The maximum absolute atomic E-state index is 13.4. The molecule has 0 aliphatic carbocycles. The minimum absolute atomic E-state index is 0.321. The van der Waals surface area contributed by atoms with E-state index in [2.05, 4.69) is 21.6 Å². The van der Waals surface area contributed by atoms with E-state index in [0.29, 0.717) is 23.4 Å². The molecule has 0 spiro atoms. The molecule has 1 atom stereocenters. The van der Waals surface area contributed by atoms with E-state index in [1.54, 1.807) is 12.1 Å². The third kappa shape index (κ3) is 3.81. The lowest BCUT2D eigenvalue weighted by Gasteiger charge is -2.35. The van der Waals surface area contributed by atoms with E-state index in [4.69, 9.17) is 4.74 Å². The van der Waals surface area contributed by atoms with Crippen LogP contribution in [-0.4, -0.2) is 32.2 Å². The van der Waals surface area contributed by atoms with Crippen molar-refractivity contribution in [3.05, 3.63) is 76.7 Å². The predicted octanol–water partition coefficient (Wildman–Crippen LogP) is 3.06. The second-order valence-electron chi connectivity index (χ2n) is 7.12. The topological polar surface area (TPSA) is 70.7 Å². The zero-order chi connectivity index (χ0) is 20.4. The highest BCUT2D eigenvalue weighted by atomic mass is 19.1. The van der Waals surface area contributed by atoms with E-state index in [1.165, 1.54) is 24.8 Å². The summed E-state index contributed by atoms with van der Waals surface area (Å²) in [6, 6.07) is 12.7. The highest BCUT2D eigenvalue weighted by molar-refractivity contribution is 5.95. The van der Waals surface area contributed by atoms with Crippen LogP contribution in [0.25, 0.3) is 0 Å². The number of benzene rings is 2. The van der Waals surface area contributed by atoms with Gasteiger partial charge in [0.05, 0.1) is 31.0 Å². The number of nitrogens with one attached hydrogen (secondary N) is 2. The average Bonchev–Trinajstić information content (AvgIpc) is 2.74. The van der Waals surface area contributed by atoms with Crippen molar-refractivity contribution in [1.29, 1.82) is 0 Å². The van der Waals surface area contributed by atoms with E-state index in [0.717, 1.165) is 25.1 Å². The quantitative estimate of drug-likeness (QED) is 0.781. The van der Waals surface area contributed by atoms with Crippen LogP contribution in [0, 0.1) is 5.82 Å². The van der Waals surface area contributed by atoms with Gasteiger partial charge >= 0.3 is 12.0 Å². The molecule has 2 aliphatic rings. The van der Waals surface area contributed by atoms with Crippen molar-refractivity contribution in [1.82, 2.24) is 10.6 Å².